The van der Waals surface area contributed by atoms with Crippen molar-refractivity contribution in [3.8, 4) is 5.75 Å². The Morgan fingerprint density at radius 1 is 1.09 bits per heavy atom. The van der Waals surface area contributed by atoms with E-state index in [0.29, 0.717) is 12.3 Å². The summed E-state index contributed by atoms with van der Waals surface area (Å²) in [4.78, 5) is 17.3. The number of piperidine rings is 1. The van der Waals surface area contributed by atoms with Crippen molar-refractivity contribution in [2.24, 2.45) is 5.41 Å². The molecule has 1 amide bonds. The van der Waals surface area contributed by atoms with E-state index < -0.39 is 0 Å². The number of para-hydroxylation sites is 1. The van der Waals surface area contributed by atoms with Gasteiger partial charge in [-0.1, -0.05) is 44.2 Å². The zero-order valence-electron chi connectivity index (χ0n) is 20.9. The highest BCUT2D eigenvalue weighted by molar-refractivity contribution is 7.80. The number of carbonyl (C=O) groups is 1. The van der Waals surface area contributed by atoms with E-state index >= 15 is 0 Å². The number of nitrogens with zero attached hydrogens (tertiary/aromatic N) is 2. The van der Waals surface area contributed by atoms with Gasteiger partial charge in [0.15, 0.2) is 5.11 Å². The smallest absolute Gasteiger partial charge is 0.226 e. The quantitative estimate of drug-likeness (QED) is 0.583. The molecule has 6 heteroatoms. The number of nitrogens with one attached hydrogen (secondary N) is 1. The van der Waals surface area contributed by atoms with Crippen molar-refractivity contribution in [1.29, 1.82) is 0 Å². The van der Waals surface area contributed by atoms with Crippen molar-refractivity contribution in [2.45, 2.75) is 52.4 Å². The molecule has 2 saturated heterocycles. The van der Waals surface area contributed by atoms with Crippen molar-refractivity contribution in [1.82, 2.24) is 9.80 Å². The van der Waals surface area contributed by atoms with E-state index in [1.807, 2.05) is 29.2 Å². The molecular formula is C28H37N3O2S. The maximum absolute atomic E-state index is 12.9. The van der Waals surface area contributed by atoms with Crippen molar-refractivity contribution >= 4 is 28.9 Å². The minimum atomic E-state index is 0.205. The third-order valence-corrected chi connectivity index (χ3v) is 7.91. The number of ether oxygens (including phenoxy) is 1. The molecule has 0 aliphatic carbocycles. The summed E-state index contributed by atoms with van der Waals surface area (Å²) < 4.78 is 5.29. The molecular weight excluding hydrogens is 442 g/mol. The van der Waals surface area contributed by atoms with Crippen LogP contribution in [-0.2, 0) is 11.2 Å². The molecule has 1 spiro atoms. The van der Waals surface area contributed by atoms with Gasteiger partial charge in [0.2, 0.25) is 5.91 Å². The summed E-state index contributed by atoms with van der Waals surface area (Å²) in [5.74, 6) is 1.44. The van der Waals surface area contributed by atoms with Crippen LogP contribution in [0, 0.1) is 12.3 Å². The third-order valence-electron chi connectivity index (χ3n) is 7.55. The second kappa shape index (κ2) is 10.3. The largest absolute Gasteiger partial charge is 0.497 e. The molecule has 2 aliphatic heterocycles. The van der Waals surface area contributed by atoms with Gasteiger partial charge in [-0.3, -0.25) is 4.79 Å². The van der Waals surface area contributed by atoms with E-state index in [1.54, 1.807) is 7.11 Å². The maximum Gasteiger partial charge on any atom is 0.226 e. The topological polar surface area (TPSA) is 44.8 Å². The summed E-state index contributed by atoms with van der Waals surface area (Å²) in [6, 6.07) is 14.2. The number of rotatable bonds is 5. The average Bonchev–Trinajstić information content (AvgIpc) is 3.24. The number of hydrogen-bond donors (Lipinski definition) is 1. The number of benzene rings is 2. The predicted molar refractivity (Wildman–Crippen MR) is 143 cm³/mol. The van der Waals surface area contributed by atoms with Crippen LogP contribution in [0.2, 0.25) is 0 Å². The molecule has 2 fully saturated rings. The Labute approximate surface area is 209 Å². The summed E-state index contributed by atoms with van der Waals surface area (Å²) in [6.45, 7) is 10.2. The van der Waals surface area contributed by atoms with Crippen molar-refractivity contribution in [3.63, 3.8) is 0 Å². The number of hydrogen-bond acceptors (Lipinski definition) is 3. The highest BCUT2D eigenvalue weighted by Gasteiger charge is 2.42. The fourth-order valence-corrected chi connectivity index (χ4v) is 5.60. The van der Waals surface area contributed by atoms with Gasteiger partial charge < -0.3 is 19.9 Å². The van der Waals surface area contributed by atoms with Crippen LogP contribution in [0.3, 0.4) is 0 Å². The van der Waals surface area contributed by atoms with E-state index in [1.165, 1.54) is 11.1 Å². The molecule has 2 aromatic carbocycles. The molecule has 2 aromatic rings. The molecule has 1 N–H and O–H groups in total. The molecule has 2 heterocycles. The van der Waals surface area contributed by atoms with Crippen LogP contribution >= 0.6 is 12.2 Å². The number of carbonyl (C=O) groups excluding carboxylic acids is 1. The zero-order chi connectivity index (χ0) is 24.3. The van der Waals surface area contributed by atoms with Crippen LogP contribution in [0.5, 0.6) is 5.75 Å². The van der Waals surface area contributed by atoms with Gasteiger partial charge in [-0.05, 0) is 78.6 Å². The predicted octanol–water partition coefficient (Wildman–Crippen LogP) is 5.38. The fourth-order valence-electron chi connectivity index (χ4n) is 5.34. The van der Waals surface area contributed by atoms with Crippen LogP contribution < -0.4 is 10.1 Å². The molecule has 0 radical (unpaired) electrons. The first-order valence-electron chi connectivity index (χ1n) is 12.4. The Morgan fingerprint density at radius 3 is 2.44 bits per heavy atom. The van der Waals surface area contributed by atoms with Crippen LogP contribution in [0.15, 0.2) is 42.5 Å². The van der Waals surface area contributed by atoms with Crippen LogP contribution in [0.25, 0.3) is 0 Å². The lowest BCUT2D eigenvalue weighted by Crippen LogP contribution is -2.45. The molecule has 0 aromatic heterocycles. The molecule has 0 atom stereocenters. The fraction of sp³-hybridized carbons (Fsp3) is 0.500. The van der Waals surface area contributed by atoms with E-state index in [4.69, 9.17) is 17.0 Å². The third kappa shape index (κ3) is 5.38. The average molecular weight is 480 g/mol. The molecule has 0 saturated carbocycles. The highest BCUT2D eigenvalue weighted by Crippen LogP contribution is 2.41. The lowest BCUT2D eigenvalue weighted by molar-refractivity contribution is -0.132. The Morgan fingerprint density at radius 2 is 1.76 bits per heavy atom. The number of aryl methyl sites for hydroxylation is 1. The van der Waals surface area contributed by atoms with Crippen molar-refractivity contribution in [3.05, 3.63) is 59.2 Å². The normalized spacial score (nSPS) is 17.3. The maximum atomic E-state index is 12.9. The number of anilines is 1. The van der Waals surface area contributed by atoms with Gasteiger partial charge in [-0.15, -0.1) is 0 Å². The summed E-state index contributed by atoms with van der Waals surface area (Å²) in [6.07, 6.45) is 3.64. The van der Waals surface area contributed by atoms with E-state index in [2.05, 4.69) is 49.2 Å². The summed E-state index contributed by atoms with van der Waals surface area (Å²) in [5, 5.41) is 4.39. The molecule has 2 aliphatic rings. The Balaban J connectivity index is 1.32. The monoisotopic (exact) mass is 479 g/mol. The first-order chi connectivity index (χ1) is 16.3. The number of likely N-dealkylation sites (tertiary alicyclic amines) is 2. The minimum absolute atomic E-state index is 0.205. The van der Waals surface area contributed by atoms with Crippen molar-refractivity contribution in [2.75, 3.05) is 38.6 Å². The lowest BCUT2D eigenvalue weighted by Gasteiger charge is -2.39. The highest BCUT2D eigenvalue weighted by atomic mass is 32.1. The molecule has 34 heavy (non-hydrogen) atoms. The van der Waals surface area contributed by atoms with Crippen LogP contribution in [0.4, 0.5) is 5.69 Å². The van der Waals surface area contributed by atoms with Gasteiger partial charge in [0.25, 0.3) is 0 Å². The first-order valence-corrected chi connectivity index (χ1v) is 12.8. The summed E-state index contributed by atoms with van der Waals surface area (Å²) in [5.41, 5.74) is 4.95. The Bertz CT molecular complexity index is 1040. The Kier molecular flexibility index (Phi) is 7.46. The number of amides is 1. The van der Waals surface area contributed by atoms with Gasteiger partial charge in [-0.2, -0.15) is 0 Å². The number of methoxy groups -OCH3 is 1. The number of thiocarbonyl (C=S) groups is 1. The molecule has 0 bridgehead atoms. The SMILES string of the molecule is COc1cccc(CC(=O)N2CCC3(CC2)CCN(C(=S)Nc2c(C)cccc2C(C)C)C3)c1. The molecule has 4 rings (SSSR count). The summed E-state index contributed by atoms with van der Waals surface area (Å²) in [7, 11) is 1.65. The molecule has 182 valence electrons. The van der Waals surface area contributed by atoms with Crippen LogP contribution in [-0.4, -0.2) is 54.1 Å². The summed E-state index contributed by atoms with van der Waals surface area (Å²) >= 11 is 5.85. The van der Waals surface area contributed by atoms with Gasteiger partial charge in [0, 0.05) is 31.9 Å². The first kappa shape index (κ1) is 24.5. The minimum Gasteiger partial charge on any atom is -0.497 e. The van der Waals surface area contributed by atoms with Gasteiger partial charge >= 0.3 is 0 Å². The molecule has 0 unspecified atom stereocenters. The lowest BCUT2D eigenvalue weighted by atomic mass is 9.77. The van der Waals surface area contributed by atoms with E-state index in [0.717, 1.165) is 67.6 Å². The van der Waals surface area contributed by atoms with E-state index in [9.17, 15) is 4.79 Å². The van der Waals surface area contributed by atoms with Crippen LogP contribution in [0.1, 0.15) is 55.7 Å². The van der Waals surface area contributed by atoms with Gasteiger partial charge in [-0.25, -0.2) is 0 Å². The Hall–Kier alpha value is -2.60. The van der Waals surface area contributed by atoms with Gasteiger partial charge in [0.05, 0.1) is 13.5 Å². The molecule has 5 nitrogen and oxygen atoms in total. The zero-order valence-corrected chi connectivity index (χ0v) is 21.7. The van der Waals surface area contributed by atoms with Crippen molar-refractivity contribution < 1.29 is 9.53 Å². The standard InChI is InChI=1S/C28H37N3O2S/c1-20(2)24-10-5-7-21(3)26(24)29-27(34)31-16-13-28(19-31)11-14-30(15-12-28)25(32)18-22-8-6-9-23(17-22)33-4/h5-10,17,20H,11-16,18-19H2,1-4H3,(H,29,34). The second-order valence-corrected chi connectivity index (χ2v) is 10.6. The van der Waals surface area contributed by atoms with E-state index in [-0.39, 0.29) is 11.3 Å². The second-order valence-electron chi connectivity index (χ2n) is 10.2. The van der Waals surface area contributed by atoms with Gasteiger partial charge in [0.1, 0.15) is 5.75 Å².